The van der Waals surface area contributed by atoms with Crippen LogP contribution in [0.5, 0.6) is 5.75 Å². The first-order valence-electron chi connectivity index (χ1n) is 7.78. The zero-order chi connectivity index (χ0) is 18.2. The number of carboxylic acids is 1. The predicted octanol–water partition coefficient (Wildman–Crippen LogP) is 2.98. The van der Waals surface area contributed by atoms with Gasteiger partial charge in [-0.05, 0) is 35.8 Å². The molecule has 1 heterocycles. The van der Waals surface area contributed by atoms with E-state index in [0.29, 0.717) is 16.9 Å². The number of hydrogen-bond donors (Lipinski definition) is 1. The first kappa shape index (κ1) is 17.1. The maximum Gasteiger partial charge on any atom is 0.333 e. The highest BCUT2D eigenvalue weighted by Crippen LogP contribution is 2.47. The third-order valence-electron chi connectivity index (χ3n) is 4.44. The molecule has 25 heavy (non-hydrogen) atoms. The number of likely N-dealkylation sites (tertiary alicyclic amines) is 1. The number of alkyl halides is 2. The van der Waals surface area contributed by atoms with Gasteiger partial charge in [0.25, 0.3) is 5.91 Å². The number of carbonyl (C=O) groups is 2. The molecule has 1 aliphatic heterocycles. The zero-order valence-electron chi connectivity index (χ0n) is 13.5. The van der Waals surface area contributed by atoms with Gasteiger partial charge >= 0.3 is 11.9 Å². The van der Waals surface area contributed by atoms with Crippen LogP contribution >= 0.6 is 0 Å². The molecule has 1 aromatic rings. The normalized spacial score (nSPS) is 21.5. The first-order chi connectivity index (χ1) is 11.8. The summed E-state index contributed by atoms with van der Waals surface area (Å²) < 4.78 is 33.7. The van der Waals surface area contributed by atoms with Crippen LogP contribution in [0.15, 0.2) is 47.7 Å². The van der Waals surface area contributed by atoms with E-state index in [9.17, 15) is 18.4 Å². The Hall–Kier alpha value is -2.70. The zero-order valence-corrected chi connectivity index (χ0v) is 13.5. The number of amides is 1. The van der Waals surface area contributed by atoms with E-state index in [2.05, 4.69) is 0 Å². The van der Waals surface area contributed by atoms with Crippen molar-refractivity contribution in [2.24, 2.45) is 5.92 Å². The van der Waals surface area contributed by atoms with Crippen LogP contribution in [0.4, 0.5) is 8.78 Å². The Bertz CT molecular complexity index is 768. The lowest BCUT2D eigenvalue weighted by Crippen LogP contribution is -2.34. The largest absolute Gasteiger partial charge is 0.497 e. The van der Waals surface area contributed by atoms with Crippen molar-refractivity contribution in [1.29, 1.82) is 0 Å². The number of halogens is 2. The van der Waals surface area contributed by atoms with E-state index in [1.807, 2.05) is 0 Å². The molecule has 0 saturated carbocycles. The van der Waals surface area contributed by atoms with Crippen molar-refractivity contribution in [3.05, 3.63) is 53.3 Å². The van der Waals surface area contributed by atoms with Crippen LogP contribution in [-0.4, -0.2) is 34.9 Å². The summed E-state index contributed by atoms with van der Waals surface area (Å²) in [4.78, 5) is 24.2. The molecule has 0 aromatic heterocycles. The van der Waals surface area contributed by atoms with E-state index in [-0.39, 0.29) is 25.1 Å². The average molecular weight is 349 g/mol. The van der Waals surface area contributed by atoms with Gasteiger partial charge < -0.3 is 14.7 Å². The van der Waals surface area contributed by atoms with Gasteiger partial charge in [-0.2, -0.15) is 8.78 Å². The standard InChI is InChI=1S/C18H17F2NO4/c1-25-13-5-2-11(3-6-13)10-21-15-8-12(9-16(22)23)4-7-14(15)18(19,20)17(21)24/h2-6,8,14H,7,9-10H2,1H3,(H,22,23). The Balaban J connectivity index is 1.90. The van der Waals surface area contributed by atoms with Gasteiger partial charge in [0.15, 0.2) is 0 Å². The molecule has 1 atom stereocenters. The van der Waals surface area contributed by atoms with Crippen molar-refractivity contribution < 1.29 is 28.2 Å². The second kappa shape index (κ2) is 6.31. The lowest BCUT2D eigenvalue weighted by atomic mass is 9.90. The third kappa shape index (κ3) is 3.14. The number of nitrogens with zero attached hydrogens (tertiary/aromatic N) is 1. The minimum atomic E-state index is -3.48. The summed E-state index contributed by atoms with van der Waals surface area (Å²) >= 11 is 0. The van der Waals surface area contributed by atoms with Crippen LogP contribution in [0.2, 0.25) is 0 Å². The number of fused-ring (bicyclic) bond motifs is 1. The fourth-order valence-electron chi connectivity index (χ4n) is 3.16. The van der Waals surface area contributed by atoms with Crippen molar-refractivity contribution in [3.8, 4) is 5.75 Å². The Morgan fingerprint density at radius 1 is 1.36 bits per heavy atom. The number of hydrogen-bond acceptors (Lipinski definition) is 3. The summed E-state index contributed by atoms with van der Waals surface area (Å²) in [7, 11) is 1.52. The minimum absolute atomic E-state index is 0.00109. The van der Waals surface area contributed by atoms with Gasteiger partial charge in [0, 0.05) is 5.70 Å². The molecule has 2 aliphatic rings. The fourth-order valence-corrected chi connectivity index (χ4v) is 3.16. The van der Waals surface area contributed by atoms with Crippen LogP contribution in [0.25, 0.3) is 0 Å². The van der Waals surface area contributed by atoms with Gasteiger partial charge in [-0.3, -0.25) is 9.59 Å². The van der Waals surface area contributed by atoms with Crippen LogP contribution in [0.1, 0.15) is 18.4 Å². The van der Waals surface area contributed by atoms with Crippen LogP contribution in [0.3, 0.4) is 0 Å². The van der Waals surface area contributed by atoms with Crippen LogP contribution in [0, 0.1) is 5.92 Å². The monoisotopic (exact) mass is 349 g/mol. The number of rotatable bonds is 5. The highest BCUT2D eigenvalue weighted by Gasteiger charge is 2.59. The fraction of sp³-hybridized carbons (Fsp3) is 0.333. The summed E-state index contributed by atoms with van der Waals surface area (Å²) in [6, 6.07) is 6.79. The molecule has 1 fully saturated rings. The van der Waals surface area contributed by atoms with Crippen molar-refractivity contribution in [3.63, 3.8) is 0 Å². The molecule has 1 N–H and O–H groups in total. The predicted molar refractivity (Wildman–Crippen MR) is 85.0 cm³/mol. The molecule has 1 unspecified atom stereocenters. The molecule has 1 aromatic carbocycles. The highest BCUT2D eigenvalue weighted by atomic mass is 19.3. The van der Waals surface area contributed by atoms with Crippen molar-refractivity contribution in [1.82, 2.24) is 4.90 Å². The van der Waals surface area contributed by atoms with E-state index < -0.39 is 23.7 Å². The van der Waals surface area contributed by atoms with Gasteiger partial charge in [-0.25, -0.2) is 0 Å². The summed E-state index contributed by atoms with van der Waals surface area (Å²) in [5, 5.41) is 8.90. The lowest BCUT2D eigenvalue weighted by Gasteiger charge is -2.23. The SMILES string of the molecule is COc1ccc(CN2C(=O)C(F)(F)C3CC=C(CC(=O)O)C=C32)cc1. The summed E-state index contributed by atoms with van der Waals surface area (Å²) in [5.41, 5.74) is 1.30. The number of aliphatic carboxylic acids is 1. The number of methoxy groups -OCH3 is 1. The first-order valence-corrected chi connectivity index (χ1v) is 7.78. The average Bonchev–Trinajstić information content (AvgIpc) is 2.76. The number of carbonyl (C=O) groups excluding carboxylic acids is 1. The maximum absolute atomic E-state index is 14.3. The molecule has 1 amide bonds. The summed E-state index contributed by atoms with van der Waals surface area (Å²) in [5.74, 6) is -6.38. The molecule has 132 valence electrons. The van der Waals surface area contributed by atoms with Gasteiger partial charge in [0.2, 0.25) is 0 Å². The highest BCUT2D eigenvalue weighted by molar-refractivity contribution is 5.90. The molecule has 1 saturated heterocycles. The second-order valence-electron chi connectivity index (χ2n) is 6.07. The van der Waals surface area contributed by atoms with Gasteiger partial charge in [0.05, 0.1) is 26.0 Å². The topological polar surface area (TPSA) is 66.8 Å². The molecular weight excluding hydrogens is 332 g/mol. The van der Waals surface area contributed by atoms with E-state index in [4.69, 9.17) is 9.84 Å². The van der Waals surface area contributed by atoms with Crippen LogP contribution < -0.4 is 4.74 Å². The second-order valence-corrected chi connectivity index (χ2v) is 6.07. The molecule has 7 heteroatoms. The number of ether oxygens (including phenoxy) is 1. The minimum Gasteiger partial charge on any atom is -0.497 e. The third-order valence-corrected chi connectivity index (χ3v) is 4.44. The van der Waals surface area contributed by atoms with Crippen molar-refractivity contribution in [2.45, 2.75) is 25.3 Å². The Labute approximate surface area is 143 Å². The molecule has 5 nitrogen and oxygen atoms in total. The van der Waals surface area contributed by atoms with E-state index in [1.165, 1.54) is 19.3 Å². The van der Waals surface area contributed by atoms with Crippen LogP contribution in [-0.2, 0) is 16.1 Å². The lowest BCUT2D eigenvalue weighted by molar-refractivity contribution is -0.151. The molecular formula is C18H17F2NO4. The Morgan fingerprint density at radius 2 is 2.04 bits per heavy atom. The molecule has 1 aliphatic carbocycles. The summed E-state index contributed by atoms with van der Waals surface area (Å²) in [6.45, 7) is 0.00109. The number of benzene rings is 1. The van der Waals surface area contributed by atoms with Crippen molar-refractivity contribution in [2.75, 3.05) is 7.11 Å². The van der Waals surface area contributed by atoms with Gasteiger partial charge in [-0.1, -0.05) is 18.2 Å². The van der Waals surface area contributed by atoms with E-state index >= 15 is 0 Å². The van der Waals surface area contributed by atoms with Gasteiger partial charge in [0.1, 0.15) is 5.75 Å². The Morgan fingerprint density at radius 3 is 2.64 bits per heavy atom. The maximum atomic E-state index is 14.3. The van der Waals surface area contributed by atoms with E-state index in [0.717, 1.165) is 4.90 Å². The quantitative estimate of drug-likeness (QED) is 0.887. The number of allylic oxidation sites excluding steroid dienone is 3. The molecule has 0 spiro atoms. The van der Waals surface area contributed by atoms with E-state index in [1.54, 1.807) is 24.3 Å². The van der Waals surface area contributed by atoms with Gasteiger partial charge in [-0.15, -0.1) is 0 Å². The Kier molecular flexibility index (Phi) is 4.32. The summed E-state index contributed by atoms with van der Waals surface area (Å²) in [6.07, 6.45) is 2.57. The number of carboxylic acid groups (broad SMARTS) is 1. The molecule has 3 rings (SSSR count). The molecule has 0 bridgehead atoms. The molecule has 0 radical (unpaired) electrons. The smallest absolute Gasteiger partial charge is 0.333 e. The van der Waals surface area contributed by atoms with Crippen molar-refractivity contribution >= 4 is 11.9 Å².